The van der Waals surface area contributed by atoms with Gasteiger partial charge in [-0.1, -0.05) is 17.3 Å². The number of ether oxygens (including phenoxy) is 3. The number of amides is 2. The van der Waals surface area contributed by atoms with E-state index in [-0.39, 0.29) is 31.0 Å². The van der Waals surface area contributed by atoms with E-state index in [9.17, 15) is 14.0 Å². The smallest absolute Gasteiger partial charge is 0.254 e. The Labute approximate surface area is 242 Å². The van der Waals surface area contributed by atoms with E-state index in [1.807, 2.05) is 48.2 Å². The van der Waals surface area contributed by atoms with Crippen LogP contribution in [0.25, 0.3) is 0 Å². The molecule has 0 aliphatic carbocycles. The molecule has 3 aliphatic rings. The van der Waals surface area contributed by atoms with Gasteiger partial charge in [0.2, 0.25) is 5.91 Å². The molecular formula is C32H30FN3O6. The fourth-order valence-electron chi connectivity index (χ4n) is 5.45. The highest BCUT2D eigenvalue weighted by atomic mass is 19.1. The third kappa shape index (κ3) is 5.52. The molecule has 1 unspecified atom stereocenters. The van der Waals surface area contributed by atoms with Gasteiger partial charge in [-0.3, -0.25) is 9.59 Å². The fraction of sp³-hybridized carbons (Fsp3) is 0.281. The summed E-state index contributed by atoms with van der Waals surface area (Å²) in [5.41, 5.74) is 3.44. The molecule has 1 N–H and O–H groups in total. The van der Waals surface area contributed by atoms with Crippen LogP contribution in [-0.2, 0) is 17.6 Å². The summed E-state index contributed by atoms with van der Waals surface area (Å²) in [4.78, 5) is 28.2. The highest BCUT2D eigenvalue weighted by molar-refractivity contribution is 5.94. The molecule has 0 saturated heterocycles. The minimum Gasteiger partial charge on any atom is -0.493 e. The van der Waals surface area contributed by atoms with Crippen LogP contribution in [-0.4, -0.2) is 48.7 Å². The molecule has 4 aromatic rings. The van der Waals surface area contributed by atoms with Crippen LogP contribution in [0.1, 0.15) is 51.0 Å². The topological polar surface area (TPSA) is 103 Å². The first kappa shape index (κ1) is 27.3. The largest absolute Gasteiger partial charge is 0.493 e. The zero-order chi connectivity index (χ0) is 29.2. The van der Waals surface area contributed by atoms with Crippen LogP contribution in [0.2, 0.25) is 0 Å². The third-order valence-electron chi connectivity index (χ3n) is 7.45. The zero-order valence-electron chi connectivity index (χ0n) is 23.3. The number of aryl methyl sites for hydroxylation is 1. The van der Waals surface area contributed by atoms with Crippen molar-refractivity contribution in [1.82, 2.24) is 15.4 Å². The first-order valence-corrected chi connectivity index (χ1v) is 13.8. The Kier molecular flexibility index (Phi) is 7.52. The number of nitrogens with zero attached hydrogens (tertiary/aromatic N) is 2. The van der Waals surface area contributed by atoms with Crippen molar-refractivity contribution in [2.24, 2.45) is 0 Å². The van der Waals surface area contributed by atoms with Crippen LogP contribution < -0.4 is 19.5 Å². The molecule has 0 saturated carbocycles. The number of benzene rings is 3. The molecule has 1 aromatic heterocycles. The van der Waals surface area contributed by atoms with Crippen molar-refractivity contribution in [1.29, 1.82) is 0 Å². The van der Waals surface area contributed by atoms with Gasteiger partial charge in [-0.15, -0.1) is 0 Å². The first-order chi connectivity index (χ1) is 20.4. The summed E-state index contributed by atoms with van der Waals surface area (Å²) >= 11 is 0. The van der Waals surface area contributed by atoms with Crippen molar-refractivity contribution in [3.63, 3.8) is 0 Å². The van der Waals surface area contributed by atoms with Gasteiger partial charge in [0.1, 0.15) is 23.1 Å². The Morgan fingerprint density at radius 2 is 1.95 bits per heavy atom. The van der Waals surface area contributed by atoms with Gasteiger partial charge in [0.15, 0.2) is 11.5 Å². The predicted octanol–water partition coefficient (Wildman–Crippen LogP) is 5.15. The van der Waals surface area contributed by atoms with Crippen molar-refractivity contribution in [2.75, 3.05) is 26.8 Å². The van der Waals surface area contributed by atoms with Gasteiger partial charge in [-0.2, -0.15) is 0 Å². The summed E-state index contributed by atoms with van der Waals surface area (Å²) < 4.78 is 37.6. The predicted molar refractivity (Wildman–Crippen MR) is 151 cm³/mol. The maximum atomic E-state index is 14.5. The number of fused-ring (bicyclic) bond motifs is 6. The van der Waals surface area contributed by atoms with E-state index in [2.05, 4.69) is 10.5 Å². The van der Waals surface area contributed by atoms with Gasteiger partial charge >= 0.3 is 0 Å². The number of carbonyl (C=O) groups excluding carboxylic acids is 2. The summed E-state index contributed by atoms with van der Waals surface area (Å²) in [5.74, 6) is 1.22. The quantitative estimate of drug-likeness (QED) is 0.363. The number of hydrogen-bond acceptors (Lipinski definition) is 7. The van der Waals surface area contributed by atoms with Crippen molar-refractivity contribution >= 4 is 11.8 Å². The van der Waals surface area contributed by atoms with E-state index in [0.29, 0.717) is 48.1 Å². The molecule has 3 aliphatic heterocycles. The van der Waals surface area contributed by atoms with Crippen LogP contribution in [0.5, 0.6) is 23.0 Å². The lowest BCUT2D eigenvalue weighted by atomic mass is 9.87. The van der Waals surface area contributed by atoms with Gasteiger partial charge in [-0.05, 0) is 78.9 Å². The second-order valence-electron chi connectivity index (χ2n) is 10.3. The third-order valence-corrected chi connectivity index (χ3v) is 7.45. The molecular weight excluding hydrogens is 541 g/mol. The number of carbonyl (C=O) groups is 2. The van der Waals surface area contributed by atoms with Crippen LogP contribution in [0, 0.1) is 12.7 Å². The van der Waals surface area contributed by atoms with Gasteiger partial charge in [-0.25, -0.2) is 4.39 Å². The van der Waals surface area contributed by atoms with Crippen LogP contribution in [0.15, 0.2) is 65.2 Å². The van der Waals surface area contributed by atoms with Gasteiger partial charge in [0.05, 0.1) is 37.4 Å². The minimum absolute atomic E-state index is 0.0860. The average Bonchev–Trinajstić information content (AvgIpc) is 3.40. The highest BCUT2D eigenvalue weighted by Crippen LogP contribution is 2.41. The summed E-state index contributed by atoms with van der Waals surface area (Å²) in [6, 6.07) is 16.8. The maximum absolute atomic E-state index is 14.5. The Morgan fingerprint density at radius 3 is 2.76 bits per heavy atom. The molecule has 8 bridgehead atoms. The molecule has 0 spiro atoms. The Bertz CT molecular complexity index is 1650. The lowest BCUT2D eigenvalue weighted by Crippen LogP contribution is -2.41. The summed E-state index contributed by atoms with van der Waals surface area (Å²) in [6.07, 6.45) is 1.17. The zero-order valence-corrected chi connectivity index (χ0v) is 23.3. The van der Waals surface area contributed by atoms with Gasteiger partial charge in [0.25, 0.3) is 5.91 Å². The lowest BCUT2D eigenvalue weighted by molar-refractivity contribution is -0.132. The second kappa shape index (κ2) is 11.6. The lowest BCUT2D eigenvalue weighted by Gasteiger charge is -2.38. The van der Waals surface area contributed by atoms with Crippen molar-refractivity contribution < 1.29 is 32.7 Å². The van der Waals surface area contributed by atoms with Crippen molar-refractivity contribution in [2.45, 2.75) is 32.2 Å². The SMILES string of the molecule is COc1ccc2cc1OCCCNC(=O)c1cc(ccc1F)Oc1ccc3c(c1)CCN(C(=O)Cc1cc(C)no1)C23. The number of hydrogen-bond donors (Lipinski definition) is 1. The number of methoxy groups -OCH3 is 1. The summed E-state index contributed by atoms with van der Waals surface area (Å²) in [6.45, 7) is 2.85. The van der Waals surface area contributed by atoms with E-state index < -0.39 is 17.8 Å². The Balaban J connectivity index is 1.42. The Morgan fingerprint density at radius 1 is 1.12 bits per heavy atom. The number of nitrogens with one attached hydrogen (secondary N) is 1. The van der Waals surface area contributed by atoms with E-state index in [1.54, 1.807) is 13.2 Å². The fourth-order valence-corrected chi connectivity index (χ4v) is 5.45. The maximum Gasteiger partial charge on any atom is 0.254 e. The summed E-state index contributed by atoms with van der Waals surface area (Å²) in [5, 5.41) is 6.66. The highest BCUT2D eigenvalue weighted by Gasteiger charge is 2.33. The van der Waals surface area contributed by atoms with Crippen LogP contribution in [0.4, 0.5) is 4.39 Å². The van der Waals surface area contributed by atoms with E-state index in [4.69, 9.17) is 18.7 Å². The molecule has 7 rings (SSSR count). The van der Waals surface area contributed by atoms with Gasteiger partial charge in [0, 0.05) is 19.2 Å². The standard InChI is InChI=1S/C32H30FN3O6/c1-19-14-24(42-35-19)18-30(37)36-12-10-20-15-22-5-7-25(20)31(36)21-4-9-28(39-2)29(16-21)40-13-3-11-34-32(38)26-17-23(41-22)6-8-27(26)33/h4-9,14-17,31H,3,10-13,18H2,1-2H3,(H,34,38). The molecule has 42 heavy (non-hydrogen) atoms. The van der Waals surface area contributed by atoms with Crippen LogP contribution in [0.3, 0.4) is 0 Å². The second-order valence-corrected chi connectivity index (χ2v) is 10.3. The first-order valence-electron chi connectivity index (χ1n) is 13.8. The molecule has 0 radical (unpaired) electrons. The number of aromatic nitrogens is 1. The molecule has 2 amide bonds. The molecule has 1 atom stereocenters. The van der Waals surface area contributed by atoms with Crippen molar-refractivity contribution in [3.8, 4) is 23.0 Å². The number of halogens is 1. The molecule has 9 nitrogen and oxygen atoms in total. The summed E-state index contributed by atoms with van der Waals surface area (Å²) in [7, 11) is 1.57. The van der Waals surface area contributed by atoms with E-state index in [1.165, 1.54) is 18.2 Å². The molecule has 10 heteroatoms. The molecule has 0 fully saturated rings. The molecule has 4 heterocycles. The Hall–Kier alpha value is -4.86. The minimum atomic E-state index is -0.634. The van der Waals surface area contributed by atoms with Crippen LogP contribution >= 0.6 is 0 Å². The molecule has 3 aromatic carbocycles. The monoisotopic (exact) mass is 571 g/mol. The molecule has 216 valence electrons. The van der Waals surface area contributed by atoms with E-state index >= 15 is 0 Å². The number of rotatable bonds is 3. The normalized spacial score (nSPS) is 16.5. The van der Waals surface area contributed by atoms with Gasteiger partial charge < -0.3 is 29.0 Å². The van der Waals surface area contributed by atoms with Crippen molar-refractivity contribution in [3.05, 3.63) is 100 Å². The van der Waals surface area contributed by atoms with E-state index in [0.717, 1.165) is 22.4 Å². The average molecular weight is 572 g/mol.